The highest BCUT2D eigenvalue weighted by Gasteiger charge is 2.02. The minimum Gasteiger partial charge on any atom is -0.469 e. The molecule has 0 bridgehead atoms. The third-order valence-electron chi connectivity index (χ3n) is 1.40. The maximum Gasteiger partial charge on any atom is 0.294 e. The van der Waals surface area contributed by atoms with E-state index in [0.29, 0.717) is 5.19 Å². The van der Waals surface area contributed by atoms with Gasteiger partial charge in [0, 0.05) is 6.54 Å². The van der Waals surface area contributed by atoms with Crippen LogP contribution in [0.25, 0.3) is 0 Å². The Kier molecular flexibility index (Phi) is 4.70. The second-order valence-electron chi connectivity index (χ2n) is 2.59. The molecule has 1 N–H and O–H groups in total. The van der Waals surface area contributed by atoms with Gasteiger partial charge in [0.2, 0.25) is 0 Å². The zero-order valence-electron chi connectivity index (χ0n) is 8.04. The van der Waals surface area contributed by atoms with E-state index in [1.54, 1.807) is 0 Å². The van der Waals surface area contributed by atoms with E-state index in [9.17, 15) is 0 Å². The van der Waals surface area contributed by atoms with Gasteiger partial charge in [-0.15, -0.1) is 10.2 Å². The van der Waals surface area contributed by atoms with Gasteiger partial charge in [-0.3, -0.25) is 0 Å². The molecule has 13 heavy (non-hydrogen) atoms. The lowest BCUT2D eigenvalue weighted by atomic mass is 10.5. The molecular weight excluding hydrogens is 186 g/mol. The van der Waals surface area contributed by atoms with E-state index in [4.69, 9.17) is 4.74 Å². The van der Waals surface area contributed by atoms with Crippen LogP contribution in [0.5, 0.6) is 5.19 Å². The number of aromatic nitrogens is 2. The molecule has 0 aliphatic rings. The van der Waals surface area contributed by atoms with Crippen LogP contribution in [0, 0.1) is 0 Å². The van der Waals surface area contributed by atoms with Gasteiger partial charge >= 0.3 is 0 Å². The fraction of sp³-hybridized carbons (Fsp3) is 0.750. The number of hydrogen-bond donors (Lipinski definition) is 1. The molecule has 1 aromatic heterocycles. The fourth-order valence-electron chi connectivity index (χ4n) is 0.789. The molecule has 0 radical (unpaired) electrons. The molecule has 1 aromatic rings. The Morgan fingerprint density at radius 3 is 2.92 bits per heavy atom. The molecule has 0 aliphatic heterocycles. The van der Waals surface area contributed by atoms with Crippen LogP contribution >= 0.6 is 11.3 Å². The lowest BCUT2D eigenvalue weighted by Crippen LogP contribution is -2.11. The van der Waals surface area contributed by atoms with E-state index >= 15 is 0 Å². The van der Waals surface area contributed by atoms with Gasteiger partial charge in [0.1, 0.15) is 5.01 Å². The summed E-state index contributed by atoms with van der Waals surface area (Å²) in [5, 5.41) is 12.7. The maximum absolute atomic E-state index is 5.33. The van der Waals surface area contributed by atoms with Gasteiger partial charge < -0.3 is 10.1 Å². The molecule has 1 heterocycles. The first-order chi connectivity index (χ1) is 6.36. The van der Waals surface area contributed by atoms with Crippen molar-refractivity contribution in [2.45, 2.75) is 26.8 Å². The van der Waals surface area contributed by atoms with Crippen molar-refractivity contribution in [2.75, 3.05) is 13.2 Å². The molecule has 0 aliphatic carbocycles. The van der Waals surface area contributed by atoms with E-state index in [1.165, 1.54) is 11.3 Å². The standard InChI is InChI=1S/C8H15N3OS/c1-3-5-12-8-11-10-7(13-8)6-9-4-2/h9H,3-6H2,1-2H3. The average Bonchev–Trinajstić information content (AvgIpc) is 2.59. The second-order valence-corrected chi connectivity index (χ2v) is 3.62. The Balaban J connectivity index is 2.34. The highest BCUT2D eigenvalue weighted by atomic mass is 32.1. The minimum absolute atomic E-state index is 0.676. The lowest BCUT2D eigenvalue weighted by molar-refractivity contribution is 0.313. The Morgan fingerprint density at radius 1 is 1.38 bits per heavy atom. The zero-order valence-corrected chi connectivity index (χ0v) is 8.86. The van der Waals surface area contributed by atoms with Gasteiger partial charge in [-0.25, -0.2) is 0 Å². The van der Waals surface area contributed by atoms with Crippen molar-refractivity contribution in [2.24, 2.45) is 0 Å². The number of nitrogens with zero attached hydrogens (tertiary/aromatic N) is 2. The van der Waals surface area contributed by atoms with Crippen molar-refractivity contribution in [1.82, 2.24) is 15.5 Å². The van der Waals surface area contributed by atoms with Gasteiger partial charge in [0.25, 0.3) is 5.19 Å². The minimum atomic E-state index is 0.676. The van der Waals surface area contributed by atoms with E-state index < -0.39 is 0 Å². The van der Waals surface area contributed by atoms with Crippen LogP contribution in [0.2, 0.25) is 0 Å². The summed E-state index contributed by atoms with van der Waals surface area (Å²) in [5.74, 6) is 0. The Labute approximate surface area is 82.3 Å². The third-order valence-corrected chi connectivity index (χ3v) is 2.24. The van der Waals surface area contributed by atoms with Gasteiger partial charge in [0.05, 0.1) is 6.61 Å². The first-order valence-electron chi connectivity index (χ1n) is 4.52. The summed E-state index contributed by atoms with van der Waals surface area (Å²) in [5.41, 5.74) is 0. The van der Waals surface area contributed by atoms with Crippen LogP contribution in [0.4, 0.5) is 0 Å². The summed E-state index contributed by atoms with van der Waals surface area (Å²) in [4.78, 5) is 0. The first kappa shape index (κ1) is 10.4. The third kappa shape index (κ3) is 3.69. The Morgan fingerprint density at radius 2 is 2.23 bits per heavy atom. The van der Waals surface area contributed by atoms with Crippen LogP contribution < -0.4 is 10.1 Å². The molecule has 4 nitrogen and oxygen atoms in total. The average molecular weight is 201 g/mol. The SMILES string of the molecule is CCCOc1nnc(CNCC)s1. The first-order valence-corrected chi connectivity index (χ1v) is 5.34. The van der Waals surface area contributed by atoms with Gasteiger partial charge in [-0.05, 0) is 13.0 Å². The Hall–Kier alpha value is -0.680. The van der Waals surface area contributed by atoms with Crippen LogP contribution in [-0.4, -0.2) is 23.3 Å². The maximum atomic E-state index is 5.33. The van der Waals surface area contributed by atoms with Crippen molar-refractivity contribution in [3.63, 3.8) is 0 Å². The molecule has 0 unspecified atom stereocenters. The molecule has 0 fully saturated rings. The van der Waals surface area contributed by atoms with Crippen molar-refractivity contribution in [1.29, 1.82) is 0 Å². The molecule has 0 saturated carbocycles. The van der Waals surface area contributed by atoms with Crippen LogP contribution in [0.3, 0.4) is 0 Å². The molecule has 0 spiro atoms. The molecule has 74 valence electrons. The van der Waals surface area contributed by atoms with Gasteiger partial charge in [-0.2, -0.15) is 0 Å². The van der Waals surface area contributed by atoms with Gasteiger partial charge in [-0.1, -0.05) is 25.2 Å². The van der Waals surface area contributed by atoms with Crippen molar-refractivity contribution < 1.29 is 4.74 Å². The largest absolute Gasteiger partial charge is 0.469 e. The lowest BCUT2D eigenvalue weighted by Gasteiger charge is -1.96. The van der Waals surface area contributed by atoms with Crippen molar-refractivity contribution in [3.05, 3.63) is 5.01 Å². The van der Waals surface area contributed by atoms with Gasteiger partial charge in [0.15, 0.2) is 0 Å². The topological polar surface area (TPSA) is 47.0 Å². The predicted molar refractivity (Wildman–Crippen MR) is 53.1 cm³/mol. The quantitative estimate of drug-likeness (QED) is 0.756. The highest BCUT2D eigenvalue weighted by Crippen LogP contribution is 2.17. The molecular formula is C8H15N3OS. The fourth-order valence-corrected chi connectivity index (χ4v) is 1.47. The van der Waals surface area contributed by atoms with E-state index in [-0.39, 0.29) is 0 Å². The molecule has 0 amide bonds. The van der Waals surface area contributed by atoms with Crippen molar-refractivity contribution >= 4 is 11.3 Å². The van der Waals surface area contributed by atoms with E-state index in [0.717, 1.165) is 31.1 Å². The summed E-state index contributed by atoms with van der Waals surface area (Å²) in [6, 6.07) is 0. The zero-order chi connectivity index (χ0) is 9.52. The normalized spacial score (nSPS) is 10.3. The number of hydrogen-bond acceptors (Lipinski definition) is 5. The van der Waals surface area contributed by atoms with Crippen LogP contribution in [0.15, 0.2) is 0 Å². The van der Waals surface area contributed by atoms with Crippen LogP contribution in [-0.2, 0) is 6.54 Å². The Bertz CT molecular complexity index is 217. The summed E-state index contributed by atoms with van der Waals surface area (Å²) in [6.07, 6.45) is 1.00. The molecule has 0 aromatic carbocycles. The smallest absolute Gasteiger partial charge is 0.294 e. The molecule has 5 heteroatoms. The van der Waals surface area contributed by atoms with Crippen LogP contribution in [0.1, 0.15) is 25.3 Å². The van der Waals surface area contributed by atoms with E-state index in [1.807, 2.05) is 0 Å². The number of nitrogens with one attached hydrogen (secondary N) is 1. The molecule has 0 atom stereocenters. The highest BCUT2D eigenvalue weighted by molar-refractivity contribution is 7.13. The van der Waals surface area contributed by atoms with E-state index in [2.05, 4.69) is 29.4 Å². The second kappa shape index (κ2) is 5.88. The molecule has 0 saturated heterocycles. The van der Waals surface area contributed by atoms with Crippen molar-refractivity contribution in [3.8, 4) is 5.19 Å². The summed E-state index contributed by atoms with van der Waals surface area (Å²) < 4.78 is 5.33. The number of ether oxygens (including phenoxy) is 1. The number of rotatable bonds is 6. The summed E-state index contributed by atoms with van der Waals surface area (Å²) >= 11 is 1.51. The predicted octanol–water partition coefficient (Wildman–Crippen LogP) is 1.44. The monoisotopic (exact) mass is 201 g/mol. The molecule has 1 rings (SSSR count). The summed E-state index contributed by atoms with van der Waals surface area (Å²) in [6.45, 7) is 6.58. The summed E-state index contributed by atoms with van der Waals surface area (Å²) in [7, 11) is 0.